The number of pyridine rings is 1. The van der Waals surface area contributed by atoms with Crippen LogP contribution < -0.4 is 15.6 Å². The van der Waals surface area contributed by atoms with E-state index in [1.165, 1.54) is 0 Å². The maximum absolute atomic E-state index is 11.9. The van der Waals surface area contributed by atoms with E-state index in [0.717, 1.165) is 55.4 Å². The van der Waals surface area contributed by atoms with E-state index in [-0.39, 0.29) is 5.56 Å². The molecule has 0 amide bonds. The second kappa shape index (κ2) is 11.2. The Morgan fingerprint density at radius 1 is 1.18 bits per heavy atom. The first-order valence-corrected chi connectivity index (χ1v) is 9.84. The van der Waals surface area contributed by atoms with E-state index in [0.29, 0.717) is 6.54 Å². The van der Waals surface area contributed by atoms with Crippen LogP contribution in [0.25, 0.3) is 0 Å². The molecule has 1 N–H and O–H groups in total. The van der Waals surface area contributed by atoms with E-state index in [9.17, 15) is 4.79 Å². The fourth-order valence-corrected chi connectivity index (χ4v) is 3.11. The Balaban J connectivity index is 1.91. The number of nitrogens with zero attached hydrogens (tertiary/aromatic N) is 3. The SMILES string of the molecule is CCNC(=NCCCCn1c(C)cccc1=O)N(C)Cc1ccccc1OC. The summed E-state index contributed by atoms with van der Waals surface area (Å²) in [6, 6.07) is 13.4. The van der Waals surface area contributed by atoms with Crippen LogP contribution in [-0.2, 0) is 13.1 Å². The van der Waals surface area contributed by atoms with Crippen molar-refractivity contribution < 1.29 is 4.74 Å². The van der Waals surface area contributed by atoms with Crippen molar-refractivity contribution in [2.24, 2.45) is 4.99 Å². The highest BCUT2D eigenvalue weighted by Gasteiger charge is 2.09. The lowest BCUT2D eigenvalue weighted by atomic mass is 10.2. The average molecular weight is 385 g/mol. The van der Waals surface area contributed by atoms with Crippen molar-refractivity contribution in [3.8, 4) is 5.75 Å². The first-order valence-electron chi connectivity index (χ1n) is 9.84. The first-order chi connectivity index (χ1) is 13.6. The molecule has 152 valence electrons. The van der Waals surface area contributed by atoms with Gasteiger partial charge >= 0.3 is 0 Å². The van der Waals surface area contributed by atoms with Crippen molar-refractivity contribution >= 4 is 5.96 Å². The molecule has 0 saturated carbocycles. The van der Waals surface area contributed by atoms with Gasteiger partial charge in [0.2, 0.25) is 0 Å². The van der Waals surface area contributed by atoms with Gasteiger partial charge in [0.05, 0.1) is 7.11 Å². The van der Waals surface area contributed by atoms with Crippen LogP contribution in [0.15, 0.2) is 52.3 Å². The number of methoxy groups -OCH3 is 1. The highest BCUT2D eigenvalue weighted by atomic mass is 16.5. The van der Waals surface area contributed by atoms with Gasteiger partial charge in [-0.25, -0.2) is 0 Å². The Morgan fingerprint density at radius 3 is 2.68 bits per heavy atom. The normalized spacial score (nSPS) is 11.4. The largest absolute Gasteiger partial charge is 0.496 e. The van der Waals surface area contributed by atoms with Crippen LogP contribution in [0.4, 0.5) is 0 Å². The minimum absolute atomic E-state index is 0.0633. The number of para-hydroxylation sites is 1. The van der Waals surface area contributed by atoms with Crippen molar-refractivity contribution in [2.45, 2.75) is 39.8 Å². The Hall–Kier alpha value is -2.76. The Morgan fingerprint density at radius 2 is 1.96 bits per heavy atom. The zero-order chi connectivity index (χ0) is 20.4. The molecule has 1 aromatic carbocycles. The van der Waals surface area contributed by atoms with Crippen molar-refractivity contribution in [3.63, 3.8) is 0 Å². The molecule has 2 rings (SSSR count). The van der Waals surface area contributed by atoms with Crippen molar-refractivity contribution in [1.29, 1.82) is 0 Å². The first kappa shape index (κ1) is 21.5. The van der Waals surface area contributed by atoms with Gasteiger partial charge in [0, 0.05) is 50.6 Å². The fourth-order valence-electron chi connectivity index (χ4n) is 3.11. The summed E-state index contributed by atoms with van der Waals surface area (Å²) < 4.78 is 7.27. The van der Waals surface area contributed by atoms with Crippen molar-refractivity contribution in [2.75, 3.05) is 27.2 Å². The number of aromatic nitrogens is 1. The standard InChI is InChI=1S/C22H32N4O2/c1-5-23-22(25(3)17-19-12-6-7-13-20(19)28-4)24-15-8-9-16-26-18(2)11-10-14-21(26)27/h6-7,10-14H,5,8-9,15-17H2,1-4H3,(H,23,24). The molecular formula is C22H32N4O2. The number of aliphatic imine (C=N–C) groups is 1. The molecule has 0 aliphatic rings. The summed E-state index contributed by atoms with van der Waals surface area (Å²) in [5.74, 6) is 1.76. The summed E-state index contributed by atoms with van der Waals surface area (Å²) in [6.07, 6.45) is 1.85. The molecule has 0 unspecified atom stereocenters. The van der Waals surface area contributed by atoms with Crippen molar-refractivity contribution in [3.05, 3.63) is 64.1 Å². The van der Waals surface area contributed by atoms with Gasteiger partial charge in [0.25, 0.3) is 5.56 Å². The van der Waals surface area contributed by atoms with E-state index < -0.39 is 0 Å². The van der Waals surface area contributed by atoms with Gasteiger partial charge in [0.1, 0.15) is 5.75 Å². The molecule has 2 aromatic rings. The summed E-state index contributed by atoms with van der Waals surface area (Å²) in [5, 5.41) is 3.35. The van der Waals surface area contributed by atoms with Crippen LogP contribution in [-0.4, -0.2) is 42.7 Å². The number of hydrogen-bond acceptors (Lipinski definition) is 3. The molecule has 0 fully saturated rings. The Bertz CT molecular complexity index is 829. The predicted octanol–water partition coefficient (Wildman–Crippen LogP) is 3.04. The van der Waals surface area contributed by atoms with Crippen LogP contribution in [0.5, 0.6) is 5.75 Å². The van der Waals surface area contributed by atoms with E-state index in [1.807, 2.05) is 42.8 Å². The van der Waals surface area contributed by atoms with E-state index >= 15 is 0 Å². The van der Waals surface area contributed by atoms with Crippen LogP contribution in [0, 0.1) is 6.92 Å². The molecule has 0 atom stereocenters. The number of rotatable bonds is 9. The zero-order valence-corrected chi connectivity index (χ0v) is 17.4. The molecule has 28 heavy (non-hydrogen) atoms. The zero-order valence-electron chi connectivity index (χ0n) is 17.4. The second-order valence-corrected chi connectivity index (χ2v) is 6.77. The molecule has 1 aromatic heterocycles. The minimum Gasteiger partial charge on any atom is -0.496 e. The molecule has 0 saturated heterocycles. The molecule has 6 heteroatoms. The molecule has 0 aliphatic carbocycles. The van der Waals surface area contributed by atoms with Crippen LogP contribution in [0.1, 0.15) is 31.0 Å². The second-order valence-electron chi connectivity index (χ2n) is 6.77. The third kappa shape index (κ3) is 6.15. The highest BCUT2D eigenvalue weighted by molar-refractivity contribution is 5.79. The van der Waals surface area contributed by atoms with E-state index in [1.54, 1.807) is 19.2 Å². The number of nitrogens with one attached hydrogen (secondary N) is 1. The van der Waals surface area contributed by atoms with E-state index in [4.69, 9.17) is 9.73 Å². The van der Waals surface area contributed by atoms with Gasteiger partial charge in [-0.2, -0.15) is 0 Å². The third-order valence-electron chi connectivity index (χ3n) is 4.62. The summed E-state index contributed by atoms with van der Waals surface area (Å²) in [6.45, 7) is 7.02. The molecule has 6 nitrogen and oxygen atoms in total. The third-order valence-corrected chi connectivity index (χ3v) is 4.62. The lowest BCUT2D eigenvalue weighted by Gasteiger charge is -2.23. The lowest BCUT2D eigenvalue weighted by molar-refractivity contribution is 0.396. The highest BCUT2D eigenvalue weighted by Crippen LogP contribution is 2.18. The van der Waals surface area contributed by atoms with E-state index in [2.05, 4.69) is 23.2 Å². The summed E-state index contributed by atoms with van der Waals surface area (Å²) in [7, 11) is 3.72. The number of ether oxygens (including phenoxy) is 1. The number of aryl methyl sites for hydroxylation is 1. The van der Waals surface area contributed by atoms with Gasteiger partial charge in [0.15, 0.2) is 5.96 Å². The van der Waals surface area contributed by atoms with Gasteiger partial charge in [-0.3, -0.25) is 9.79 Å². The molecule has 0 bridgehead atoms. The monoisotopic (exact) mass is 384 g/mol. The molecule has 0 spiro atoms. The molecule has 0 aliphatic heterocycles. The fraction of sp³-hybridized carbons (Fsp3) is 0.455. The van der Waals surface area contributed by atoms with Gasteiger partial charge < -0.3 is 19.5 Å². The summed E-state index contributed by atoms with van der Waals surface area (Å²) in [5.41, 5.74) is 2.19. The van der Waals surface area contributed by atoms with Crippen LogP contribution in [0.2, 0.25) is 0 Å². The Kier molecular flexibility index (Phi) is 8.59. The van der Waals surface area contributed by atoms with Gasteiger partial charge in [-0.05, 0) is 38.8 Å². The molecular weight excluding hydrogens is 352 g/mol. The lowest BCUT2D eigenvalue weighted by Crippen LogP contribution is -2.38. The van der Waals surface area contributed by atoms with Crippen molar-refractivity contribution in [1.82, 2.24) is 14.8 Å². The summed E-state index contributed by atoms with van der Waals surface area (Å²) >= 11 is 0. The van der Waals surface area contributed by atoms with Crippen LogP contribution >= 0.6 is 0 Å². The quantitative estimate of drug-likeness (QED) is 0.410. The number of hydrogen-bond donors (Lipinski definition) is 1. The number of unbranched alkanes of at least 4 members (excludes halogenated alkanes) is 1. The number of benzene rings is 1. The Labute approximate surface area is 167 Å². The topological polar surface area (TPSA) is 58.9 Å². The van der Waals surface area contributed by atoms with Gasteiger partial charge in [-0.15, -0.1) is 0 Å². The molecule has 1 heterocycles. The average Bonchev–Trinajstić information content (AvgIpc) is 2.69. The summed E-state index contributed by atoms with van der Waals surface area (Å²) in [4.78, 5) is 18.8. The smallest absolute Gasteiger partial charge is 0.250 e. The maximum Gasteiger partial charge on any atom is 0.250 e. The number of guanidine groups is 1. The van der Waals surface area contributed by atoms with Crippen LogP contribution in [0.3, 0.4) is 0 Å². The molecule has 0 radical (unpaired) electrons. The maximum atomic E-state index is 11.9. The predicted molar refractivity (Wildman–Crippen MR) is 115 cm³/mol. The minimum atomic E-state index is 0.0633. The van der Waals surface area contributed by atoms with Gasteiger partial charge in [-0.1, -0.05) is 24.3 Å².